The Hall–Kier alpha value is -10.4. The van der Waals surface area contributed by atoms with E-state index >= 15 is 0 Å². The molecule has 0 aliphatic carbocycles. The molecule has 1 aromatic heterocycles. The number of carbonyl (C=O) groups excluding carboxylic acids is 16. The zero-order valence-corrected chi connectivity index (χ0v) is 63.0. The first-order chi connectivity index (χ1) is 52.2. The number of aromatic nitrogens is 3. The van der Waals surface area contributed by atoms with E-state index in [0.29, 0.717) is 5.69 Å². The number of rotatable bonds is 33. The summed E-state index contributed by atoms with van der Waals surface area (Å²) in [6.07, 6.45) is -46.6. The van der Waals surface area contributed by atoms with Crippen LogP contribution in [0.25, 0.3) is 5.69 Å². The van der Waals surface area contributed by atoms with E-state index in [2.05, 4.69) is 10.2 Å². The van der Waals surface area contributed by atoms with Crippen LogP contribution in [-0.2, 0) is 190 Å². The Morgan fingerprint density at radius 2 is 0.622 bits per heavy atom. The minimum Gasteiger partial charge on any atom is -0.463 e. The van der Waals surface area contributed by atoms with Crippen molar-refractivity contribution in [1.82, 2.24) is 15.0 Å². The van der Waals surface area contributed by atoms with Gasteiger partial charge in [-0.2, -0.15) is 9.90 Å². The van der Waals surface area contributed by atoms with Crippen LogP contribution in [0.3, 0.4) is 0 Å². The smallest absolute Gasteiger partial charge is 0.303 e. The van der Waals surface area contributed by atoms with Crippen LogP contribution >= 0.6 is 0 Å². The predicted molar refractivity (Wildman–Crippen MR) is 349 cm³/mol. The third-order valence-electron chi connectivity index (χ3n) is 15.6. The van der Waals surface area contributed by atoms with Gasteiger partial charge in [0.15, 0.2) is 92.3 Å². The summed E-state index contributed by atoms with van der Waals surface area (Å²) < 4.78 is 142. The van der Waals surface area contributed by atoms with Crippen LogP contribution in [0.2, 0.25) is 0 Å². The van der Waals surface area contributed by atoms with E-state index in [1.807, 2.05) is 0 Å². The summed E-state index contributed by atoms with van der Waals surface area (Å²) in [6.45, 7) is 10.1. The Morgan fingerprint density at radius 1 is 0.333 bits per heavy atom. The summed E-state index contributed by atoms with van der Waals surface area (Å²) in [5, 5.41) is 8.77. The number of ether oxygens (including phenoxy) is 24. The Morgan fingerprint density at radius 3 is 0.937 bits per heavy atom. The molecule has 2 aromatic rings. The topological polar surface area (TPSA) is 525 Å². The summed E-state index contributed by atoms with van der Waals surface area (Å²) in [7, 11) is 0. The molecule has 0 saturated carbocycles. The molecule has 5 heterocycles. The highest BCUT2D eigenvalue weighted by molar-refractivity contribution is 5.72. The number of carbonyl (C=O) groups is 16. The number of esters is 16. The van der Waals surface area contributed by atoms with Crippen LogP contribution in [0.4, 0.5) is 0 Å². The molecule has 1 aromatic carbocycles. The normalized spacial score (nSPS) is 28.3. The fourth-order valence-electron chi connectivity index (χ4n) is 11.8. The first-order valence-electron chi connectivity index (χ1n) is 34.0. The highest BCUT2D eigenvalue weighted by atomic mass is 16.8. The van der Waals surface area contributed by atoms with E-state index < -0.39 is 270 Å². The minimum atomic E-state index is -2.34. The third-order valence-corrected chi connectivity index (χ3v) is 15.6. The molecule has 4 aliphatic rings. The van der Waals surface area contributed by atoms with Gasteiger partial charge in [0.05, 0.1) is 11.9 Å². The SMILES string of the molecule is CC(=O)OCC(OC(C)=O)C(O[C@@H]1O[C@H](COC(C)=O)[C@@H](O[C@H]2O[C@H](COC(C)=O)[C@H](O[C@@H]3O[C@@H](COC(C)=O)[C@@H](O[C@@H]4O[C@@H](COC(C)=O)[C@@H](OC(C)=O)[C@H](OC(C)=O)C4OC(C)=O)[C@H](OC(C)=O)C3OC(C)=O)[C@H](OC(C)=O)[C@@H]2OC(C)=O)[C@@H](OC(C)=O)[C@@H]1OC(C)=O)C(OC(C)=O)c1cnn(-c2ccccc2)n1. The van der Waals surface area contributed by atoms with Crippen molar-refractivity contribution >= 4 is 95.5 Å². The van der Waals surface area contributed by atoms with Gasteiger partial charge >= 0.3 is 95.5 Å². The van der Waals surface area contributed by atoms with E-state index in [9.17, 15) is 76.7 Å². The molecule has 0 radical (unpaired) electrons. The Bertz CT molecular complexity index is 3660. The van der Waals surface area contributed by atoms with Crippen LogP contribution in [0.1, 0.15) is 123 Å². The Kier molecular flexibility index (Phi) is 33.5. The lowest BCUT2D eigenvalue weighted by molar-refractivity contribution is -0.390. The van der Waals surface area contributed by atoms with Gasteiger partial charge in [-0.05, 0) is 12.1 Å². The first-order valence-corrected chi connectivity index (χ1v) is 34.0. The highest BCUT2D eigenvalue weighted by Crippen LogP contribution is 2.41. The lowest BCUT2D eigenvalue weighted by Crippen LogP contribution is -2.69. The zero-order valence-electron chi connectivity index (χ0n) is 63.0. The lowest BCUT2D eigenvalue weighted by atomic mass is 9.94. The number of nitrogens with zero attached hydrogens (tertiary/aromatic N) is 3. The standard InChI is InChI=1S/C68H87N3O40/c1-28(72)88-23-46(93-33(6)77)52(51(94-34(7)78)45-22-69-71(70-45)44-20-18-17-19-21-44)108-65-62(101-41(14)85)58(97-37(10)81)54(48(105-65)25-90-30(3)74)110-67-64(103-43(16)87)60(99-39(12)83)56(50(107-67)27-92-32(5)76)111-68-63(102-42(15)86)59(98-38(11)82)55(49(106-68)26-91-31(4)75)109-66-61(100-40(13)84)57(96-36(9)80)53(95-35(8)79)47(104-66)24-89-29(2)73/h17-22,46-68H,23-27H2,1-16H3/t46?,47-,48+,49-,50+,51?,52?,53+,54+,55+,56-,57-,58+,59-,60-,61?,62-,63?,64-,65-,66-,67+,68-/m0/s1. The summed E-state index contributed by atoms with van der Waals surface area (Å²) in [5.74, 6) is -17.4. The molecular weight excluding hydrogens is 1500 g/mol. The molecule has 23 atom stereocenters. The number of hydrogen-bond acceptors (Lipinski definition) is 42. The van der Waals surface area contributed by atoms with E-state index in [-0.39, 0.29) is 5.69 Å². The lowest BCUT2D eigenvalue weighted by Gasteiger charge is -2.51. The molecule has 111 heavy (non-hydrogen) atoms. The van der Waals surface area contributed by atoms with E-state index in [4.69, 9.17) is 114 Å². The fraction of sp³-hybridized carbons (Fsp3) is 0.647. The summed E-state index contributed by atoms with van der Waals surface area (Å²) in [5.41, 5.74) is 0.133. The van der Waals surface area contributed by atoms with Crippen LogP contribution in [0.15, 0.2) is 36.5 Å². The highest BCUT2D eigenvalue weighted by Gasteiger charge is 2.62. The molecule has 0 amide bonds. The van der Waals surface area contributed by atoms with E-state index in [0.717, 1.165) is 122 Å². The maximum absolute atomic E-state index is 13.7. The van der Waals surface area contributed by atoms with Crippen molar-refractivity contribution in [3.8, 4) is 5.69 Å². The second kappa shape index (κ2) is 41.6. The van der Waals surface area contributed by atoms with Crippen molar-refractivity contribution in [3.63, 3.8) is 0 Å². The van der Waals surface area contributed by atoms with E-state index in [1.54, 1.807) is 30.3 Å². The molecule has 614 valence electrons. The Balaban J connectivity index is 1.54. The van der Waals surface area contributed by atoms with Crippen LogP contribution in [0, 0.1) is 0 Å². The molecule has 43 heteroatoms. The van der Waals surface area contributed by atoms with Gasteiger partial charge in [-0.15, -0.1) is 5.10 Å². The molecular formula is C68H87N3O40. The molecule has 4 saturated heterocycles. The average Bonchev–Trinajstić information content (AvgIpc) is 1.16. The predicted octanol–water partition coefficient (Wildman–Crippen LogP) is -0.556. The van der Waals surface area contributed by atoms with Crippen molar-refractivity contribution in [3.05, 3.63) is 42.2 Å². The molecule has 0 bridgehead atoms. The van der Waals surface area contributed by atoms with Crippen molar-refractivity contribution in [1.29, 1.82) is 0 Å². The second-order valence-electron chi connectivity index (χ2n) is 24.8. The van der Waals surface area contributed by atoms with Gasteiger partial charge in [0, 0.05) is 111 Å². The summed E-state index contributed by atoms with van der Waals surface area (Å²) >= 11 is 0. The van der Waals surface area contributed by atoms with Gasteiger partial charge < -0.3 is 114 Å². The van der Waals surface area contributed by atoms with Gasteiger partial charge in [-0.25, -0.2) is 0 Å². The van der Waals surface area contributed by atoms with Crippen LogP contribution < -0.4 is 0 Å². The summed E-state index contributed by atoms with van der Waals surface area (Å²) in [6, 6.07) is 8.21. The number of hydrogen-bond donors (Lipinski definition) is 0. The van der Waals surface area contributed by atoms with Gasteiger partial charge in [0.2, 0.25) is 0 Å². The van der Waals surface area contributed by atoms with Crippen molar-refractivity contribution in [2.45, 2.75) is 252 Å². The van der Waals surface area contributed by atoms with Gasteiger partial charge in [0.25, 0.3) is 0 Å². The summed E-state index contributed by atoms with van der Waals surface area (Å²) in [4.78, 5) is 211. The maximum atomic E-state index is 13.7. The van der Waals surface area contributed by atoms with E-state index in [1.165, 1.54) is 0 Å². The van der Waals surface area contributed by atoms with Crippen molar-refractivity contribution in [2.75, 3.05) is 33.0 Å². The van der Waals surface area contributed by atoms with Gasteiger partial charge in [0.1, 0.15) is 87.6 Å². The zero-order chi connectivity index (χ0) is 82.4. The molecule has 0 N–H and O–H groups in total. The average molecular weight is 1590 g/mol. The fourth-order valence-corrected chi connectivity index (χ4v) is 11.8. The molecule has 5 unspecified atom stereocenters. The van der Waals surface area contributed by atoms with Crippen molar-refractivity contribution < 1.29 is 190 Å². The quantitative estimate of drug-likeness (QED) is 0.0639. The minimum absolute atomic E-state index is 0.239. The van der Waals surface area contributed by atoms with Crippen molar-refractivity contribution in [2.24, 2.45) is 0 Å². The van der Waals surface area contributed by atoms with Crippen LogP contribution in [0.5, 0.6) is 0 Å². The monoisotopic (exact) mass is 1590 g/mol. The number of benzene rings is 1. The Labute approximate surface area is 631 Å². The van der Waals surface area contributed by atoms with Gasteiger partial charge in [-0.1, -0.05) is 18.2 Å². The molecule has 6 rings (SSSR count). The molecule has 0 spiro atoms. The third kappa shape index (κ3) is 26.9. The molecule has 4 aliphatic heterocycles. The largest absolute Gasteiger partial charge is 0.463 e. The molecule has 4 fully saturated rings. The maximum Gasteiger partial charge on any atom is 0.303 e. The number of para-hydroxylation sites is 1. The van der Waals surface area contributed by atoms with Gasteiger partial charge in [-0.3, -0.25) is 76.7 Å². The second-order valence-corrected chi connectivity index (χ2v) is 24.8. The first kappa shape index (κ1) is 89.5. The van der Waals surface area contributed by atoms with Crippen LogP contribution in [-0.4, -0.2) is 279 Å². The molecule has 43 nitrogen and oxygen atoms in total.